The van der Waals surface area contributed by atoms with Crippen LogP contribution in [0.4, 0.5) is 4.79 Å². The molecule has 0 aliphatic rings. The van der Waals surface area contributed by atoms with Gasteiger partial charge in [-0.15, -0.1) is 11.3 Å². The van der Waals surface area contributed by atoms with Gasteiger partial charge < -0.3 is 10.6 Å². The minimum Gasteiger partial charge on any atom is -0.338 e. The third kappa shape index (κ3) is 5.11. The van der Waals surface area contributed by atoms with Crippen LogP contribution >= 0.6 is 11.3 Å². The van der Waals surface area contributed by atoms with Crippen molar-refractivity contribution in [3.8, 4) is 0 Å². The van der Waals surface area contributed by atoms with Gasteiger partial charge >= 0.3 is 6.03 Å². The van der Waals surface area contributed by atoms with E-state index in [-0.39, 0.29) is 11.4 Å². The highest BCUT2D eigenvalue weighted by Crippen LogP contribution is 2.25. The normalized spacial score (nSPS) is 11.2. The molecule has 5 nitrogen and oxygen atoms in total. The molecule has 0 atom stereocenters. The number of pyridine rings is 1. The van der Waals surface area contributed by atoms with Crippen molar-refractivity contribution in [2.24, 2.45) is 0 Å². The topological polar surface area (TPSA) is 66.9 Å². The van der Waals surface area contributed by atoms with Crippen LogP contribution in [0, 0.1) is 0 Å². The van der Waals surface area contributed by atoms with E-state index < -0.39 is 0 Å². The number of thiazole rings is 1. The first-order valence-electron chi connectivity index (χ1n) is 7.31. The molecule has 0 spiro atoms. The predicted octanol–water partition coefficient (Wildman–Crippen LogP) is 2.88. The summed E-state index contributed by atoms with van der Waals surface area (Å²) < 4.78 is 0. The molecule has 2 aromatic rings. The fraction of sp³-hybridized carbons (Fsp3) is 0.438. The molecular weight excluding hydrogens is 296 g/mol. The lowest BCUT2D eigenvalue weighted by molar-refractivity contribution is 0.240. The molecule has 0 aliphatic heterocycles. The van der Waals surface area contributed by atoms with Crippen LogP contribution in [0.15, 0.2) is 29.8 Å². The Morgan fingerprint density at radius 3 is 2.68 bits per heavy atom. The number of rotatable bonds is 5. The molecule has 0 aliphatic carbocycles. The second-order valence-corrected chi connectivity index (χ2v) is 6.93. The summed E-state index contributed by atoms with van der Waals surface area (Å²) in [4.78, 5) is 20.5. The summed E-state index contributed by atoms with van der Waals surface area (Å²) in [5, 5.41) is 8.73. The maximum Gasteiger partial charge on any atom is 0.315 e. The lowest BCUT2D eigenvalue weighted by Crippen LogP contribution is -2.36. The van der Waals surface area contributed by atoms with E-state index in [1.54, 1.807) is 17.5 Å². The Labute approximate surface area is 135 Å². The Kier molecular flexibility index (Phi) is 5.49. The monoisotopic (exact) mass is 318 g/mol. The lowest BCUT2D eigenvalue weighted by atomic mass is 9.98. The summed E-state index contributed by atoms with van der Waals surface area (Å²) in [7, 11) is 0. The van der Waals surface area contributed by atoms with Gasteiger partial charge in [-0.05, 0) is 12.1 Å². The van der Waals surface area contributed by atoms with Gasteiger partial charge in [-0.2, -0.15) is 0 Å². The molecule has 0 saturated carbocycles. The third-order valence-electron chi connectivity index (χ3n) is 3.02. The Balaban J connectivity index is 1.70. The summed E-state index contributed by atoms with van der Waals surface area (Å²) in [6, 6.07) is 5.59. The molecule has 2 rings (SSSR count). The minimum absolute atomic E-state index is 0.0495. The van der Waals surface area contributed by atoms with E-state index in [4.69, 9.17) is 0 Å². The number of aromatic nitrogens is 2. The maximum absolute atomic E-state index is 11.7. The predicted molar refractivity (Wildman–Crippen MR) is 89.0 cm³/mol. The van der Waals surface area contributed by atoms with Gasteiger partial charge in [-0.1, -0.05) is 26.8 Å². The van der Waals surface area contributed by atoms with Crippen molar-refractivity contribution in [3.05, 3.63) is 46.2 Å². The quantitative estimate of drug-likeness (QED) is 0.891. The van der Waals surface area contributed by atoms with E-state index in [2.05, 4.69) is 41.4 Å². The van der Waals surface area contributed by atoms with E-state index in [0.29, 0.717) is 13.1 Å². The Hall–Kier alpha value is -1.95. The molecule has 0 bridgehead atoms. The summed E-state index contributed by atoms with van der Waals surface area (Å²) >= 11 is 1.63. The molecule has 22 heavy (non-hydrogen) atoms. The van der Waals surface area contributed by atoms with Crippen molar-refractivity contribution in [1.82, 2.24) is 20.6 Å². The average Bonchev–Trinajstić information content (AvgIpc) is 2.95. The molecule has 2 N–H and O–H groups in total. The fourth-order valence-corrected chi connectivity index (χ4v) is 2.72. The Morgan fingerprint density at radius 1 is 1.23 bits per heavy atom. The molecule has 118 valence electrons. The van der Waals surface area contributed by atoms with Crippen molar-refractivity contribution in [2.75, 3.05) is 6.54 Å². The number of urea groups is 1. The van der Waals surface area contributed by atoms with Gasteiger partial charge in [0.25, 0.3) is 0 Å². The second-order valence-electron chi connectivity index (χ2n) is 6.07. The van der Waals surface area contributed by atoms with E-state index in [0.717, 1.165) is 22.8 Å². The zero-order valence-corrected chi connectivity index (χ0v) is 14.0. The molecule has 2 aromatic heterocycles. The fourth-order valence-electron chi connectivity index (χ4n) is 1.82. The van der Waals surface area contributed by atoms with Crippen LogP contribution in [0.25, 0.3) is 0 Å². The van der Waals surface area contributed by atoms with Crippen molar-refractivity contribution >= 4 is 17.4 Å². The summed E-state index contributed by atoms with van der Waals surface area (Å²) in [5.41, 5.74) is 1.92. The van der Waals surface area contributed by atoms with Crippen LogP contribution in [-0.4, -0.2) is 22.5 Å². The summed E-state index contributed by atoms with van der Waals surface area (Å²) in [6.07, 6.45) is 2.48. The van der Waals surface area contributed by atoms with Crippen LogP contribution in [0.2, 0.25) is 0 Å². The van der Waals surface area contributed by atoms with Crippen LogP contribution < -0.4 is 10.6 Å². The number of hydrogen-bond donors (Lipinski definition) is 2. The van der Waals surface area contributed by atoms with Crippen molar-refractivity contribution < 1.29 is 4.79 Å². The number of carbonyl (C=O) groups is 1. The molecule has 0 fully saturated rings. The van der Waals surface area contributed by atoms with Crippen molar-refractivity contribution in [3.63, 3.8) is 0 Å². The SMILES string of the molecule is CC(C)(C)c1nc(CNC(=O)NCCc2ccccn2)cs1. The van der Waals surface area contributed by atoms with Crippen LogP contribution in [0.5, 0.6) is 0 Å². The largest absolute Gasteiger partial charge is 0.338 e. The summed E-state index contributed by atoms with van der Waals surface area (Å²) in [5.74, 6) is 0. The molecular formula is C16H22N4OS. The molecule has 2 amide bonds. The molecule has 0 radical (unpaired) electrons. The van der Waals surface area contributed by atoms with Gasteiger partial charge in [-0.3, -0.25) is 4.98 Å². The zero-order chi connectivity index (χ0) is 16.0. The molecule has 2 heterocycles. The highest BCUT2D eigenvalue weighted by atomic mass is 32.1. The highest BCUT2D eigenvalue weighted by Gasteiger charge is 2.17. The lowest BCUT2D eigenvalue weighted by Gasteiger charge is -2.13. The van der Waals surface area contributed by atoms with E-state index in [1.165, 1.54) is 0 Å². The first-order chi connectivity index (χ1) is 10.4. The number of carbonyl (C=O) groups excluding carboxylic acids is 1. The van der Waals surface area contributed by atoms with Crippen molar-refractivity contribution in [1.29, 1.82) is 0 Å². The smallest absolute Gasteiger partial charge is 0.315 e. The number of hydrogen-bond acceptors (Lipinski definition) is 4. The third-order valence-corrected chi connectivity index (χ3v) is 4.33. The van der Waals surface area contributed by atoms with Gasteiger partial charge in [0.1, 0.15) is 0 Å². The second kappa shape index (κ2) is 7.35. The number of amides is 2. The highest BCUT2D eigenvalue weighted by molar-refractivity contribution is 7.09. The van der Waals surface area contributed by atoms with Gasteiger partial charge in [0.15, 0.2) is 0 Å². The Bertz CT molecular complexity index is 604. The first-order valence-corrected chi connectivity index (χ1v) is 8.19. The van der Waals surface area contributed by atoms with E-state index in [1.807, 2.05) is 23.6 Å². The van der Waals surface area contributed by atoms with E-state index in [9.17, 15) is 4.79 Å². The van der Waals surface area contributed by atoms with Gasteiger partial charge in [0.05, 0.1) is 17.2 Å². The minimum atomic E-state index is -0.179. The van der Waals surface area contributed by atoms with Crippen LogP contribution in [-0.2, 0) is 18.4 Å². The van der Waals surface area contributed by atoms with Crippen LogP contribution in [0.1, 0.15) is 37.2 Å². The number of nitrogens with one attached hydrogen (secondary N) is 2. The van der Waals surface area contributed by atoms with Gasteiger partial charge in [0.2, 0.25) is 0 Å². The van der Waals surface area contributed by atoms with Gasteiger partial charge in [0, 0.05) is 35.7 Å². The average molecular weight is 318 g/mol. The van der Waals surface area contributed by atoms with Crippen LogP contribution in [0.3, 0.4) is 0 Å². The Morgan fingerprint density at radius 2 is 2.05 bits per heavy atom. The molecule has 0 saturated heterocycles. The zero-order valence-electron chi connectivity index (χ0n) is 13.2. The van der Waals surface area contributed by atoms with Gasteiger partial charge in [-0.25, -0.2) is 9.78 Å². The van der Waals surface area contributed by atoms with E-state index >= 15 is 0 Å². The first kappa shape index (κ1) is 16.4. The number of nitrogens with zero attached hydrogens (tertiary/aromatic N) is 2. The molecule has 0 unspecified atom stereocenters. The summed E-state index contributed by atoms with van der Waals surface area (Å²) in [6.45, 7) is 7.41. The maximum atomic E-state index is 11.7. The molecule has 6 heteroatoms. The standard InChI is InChI=1S/C16H22N4OS/c1-16(2,3)14-20-13(11-22-14)10-19-15(21)18-9-7-12-6-4-5-8-17-12/h4-6,8,11H,7,9-10H2,1-3H3,(H2,18,19,21). The van der Waals surface area contributed by atoms with Crippen molar-refractivity contribution in [2.45, 2.75) is 39.2 Å². The molecule has 0 aromatic carbocycles.